The second kappa shape index (κ2) is 9.47. The average Bonchev–Trinajstić information content (AvgIpc) is 2.72. The Morgan fingerprint density at radius 3 is 2.43 bits per heavy atom. The van der Waals surface area contributed by atoms with Crippen LogP contribution in [-0.2, 0) is 17.8 Å². The van der Waals surface area contributed by atoms with Gasteiger partial charge in [-0.05, 0) is 51.7 Å². The number of pyridine rings is 1. The minimum atomic E-state index is -0.507. The molecule has 0 spiro atoms. The van der Waals surface area contributed by atoms with E-state index in [4.69, 9.17) is 9.47 Å². The van der Waals surface area contributed by atoms with Crippen LogP contribution in [0.15, 0.2) is 48.5 Å². The van der Waals surface area contributed by atoms with E-state index in [1.54, 1.807) is 4.90 Å². The highest BCUT2D eigenvalue weighted by atomic mass is 16.6. The third-order valence-electron chi connectivity index (χ3n) is 5.38. The Balaban J connectivity index is 1.59. The molecule has 1 fully saturated rings. The molecule has 0 radical (unpaired) electrons. The van der Waals surface area contributed by atoms with Gasteiger partial charge in [0, 0.05) is 36.9 Å². The van der Waals surface area contributed by atoms with E-state index < -0.39 is 5.60 Å². The minimum Gasteiger partial charge on any atom is -0.473 e. The van der Waals surface area contributed by atoms with Gasteiger partial charge in [-0.1, -0.05) is 36.4 Å². The number of aromatic nitrogens is 1. The Kier molecular flexibility index (Phi) is 6.98. The molecule has 2 heterocycles. The van der Waals surface area contributed by atoms with Crippen LogP contribution in [0.2, 0.25) is 0 Å². The van der Waals surface area contributed by atoms with Gasteiger partial charge >= 0.3 is 6.09 Å². The molecule has 30 heavy (non-hydrogen) atoms. The Hall–Kier alpha value is -2.60. The quantitative estimate of drug-likeness (QED) is 0.769. The molecule has 3 rings (SSSR count). The highest BCUT2D eigenvalue weighted by molar-refractivity contribution is 5.68. The van der Waals surface area contributed by atoms with Crippen molar-refractivity contribution in [2.24, 2.45) is 5.41 Å². The van der Waals surface area contributed by atoms with Gasteiger partial charge in [0.2, 0.25) is 5.88 Å². The van der Waals surface area contributed by atoms with E-state index in [-0.39, 0.29) is 18.1 Å². The van der Waals surface area contributed by atoms with Crippen molar-refractivity contribution < 1.29 is 19.4 Å². The SMILES string of the molecule is CC(C)(C)OC(=O)N1CCC(CO)(Cc2cccc(OCc3ccccc3)n2)CC1. The van der Waals surface area contributed by atoms with Crippen LogP contribution >= 0.6 is 0 Å². The van der Waals surface area contributed by atoms with Gasteiger partial charge in [0.1, 0.15) is 12.2 Å². The van der Waals surface area contributed by atoms with Crippen LogP contribution in [0, 0.1) is 5.41 Å². The summed E-state index contributed by atoms with van der Waals surface area (Å²) in [5.74, 6) is 0.579. The number of hydrogen-bond donors (Lipinski definition) is 1. The number of ether oxygens (including phenoxy) is 2. The Morgan fingerprint density at radius 2 is 1.80 bits per heavy atom. The second-order valence-electron chi connectivity index (χ2n) is 9.04. The topological polar surface area (TPSA) is 71.9 Å². The number of rotatable bonds is 6. The lowest BCUT2D eigenvalue weighted by Gasteiger charge is -2.40. The third kappa shape index (κ3) is 6.20. The van der Waals surface area contributed by atoms with Crippen LogP contribution in [0.1, 0.15) is 44.9 Å². The summed E-state index contributed by atoms with van der Waals surface area (Å²) in [7, 11) is 0. The van der Waals surface area contributed by atoms with Crippen molar-refractivity contribution in [3.8, 4) is 5.88 Å². The van der Waals surface area contributed by atoms with E-state index in [0.717, 1.165) is 11.3 Å². The molecular weight excluding hydrogens is 380 g/mol. The summed E-state index contributed by atoms with van der Waals surface area (Å²) in [5.41, 5.74) is 1.18. The summed E-state index contributed by atoms with van der Waals surface area (Å²) in [6.07, 6.45) is 1.77. The van der Waals surface area contributed by atoms with Gasteiger partial charge in [-0.15, -0.1) is 0 Å². The number of piperidine rings is 1. The molecule has 1 aliphatic rings. The predicted octanol–water partition coefficient (Wildman–Crippen LogP) is 4.21. The zero-order chi connectivity index (χ0) is 21.6. The molecule has 6 nitrogen and oxygen atoms in total. The Bertz CT molecular complexity index is 825. The fraction of sp³-hybridized carbons (Fsp3) is 0.500. The van der Waals surface area contributed by atoms with E-state index >= 15 is 0 Å². The zero-order valence-corrected chi connectivity index (χ0v) is 18.1. The van der Waals surface area contributed by atoms with Crippen molar-refractivity contribution in [1.29, 1.82) is 0 Å². The maximum Gasteiger partial charge on any atom is 0.410 e. The van der Waals surface area contributed by atoms with Gasteiger partial charge in [0.05, 0.1) is 0 Å². The number of carbonyl (C=O) groups is 1. The van der Waals surface area contributed by atoms with Gasteiger partial charge in [0.25, 0.3) is 0 Å². The van der Waals surface area contributed by atoms with Crippen molar-refractivity contribution >= 4 is 6.09 Å². The Morgan fingerprint density at radius 1 is 1.10 bits per heavy atom. The van der Waals surface area contributed by atoms with Crippen molar-refractivity contribution in [2.45, 2.75) is 52.2 Å². The van der Waals surface area contributed by atoms with E-state index in [1.807, 2.05) is 69.3 Å². The standard InChI is InChI=1S/C24H32N2O4/c1-23(2,3)30-22(28)26-14-12-24(18-27,13-15-26)16-20-10-7-11-21(25-20)29-17-19-8-5-4-6-9-19/h4-11,27H,12-18H2,1-3H3. The van der Waals surface area contributed by atoms with Gasteiger partial charge in [-0.2, -0.15) is 0 Å². The van der Waals surface area contributed by atoms with Crippen LogP contribution in [0.3, 0.4) is 0 Å². The van der Waals surface area contributed by atoms with Crippen LogP contribution in [0.5, 0.6) is 5.88 Å². The molecule has 1 aromatic heterocycles. The van der Waals surface area contributed by atoms with E-state index in [0.29, 0.717) is 44.8 Å². The van der Waals surface area contributed by atoms with Crippen molar-refractivity contribution in [2.75, 3.05) is 19.7 Å². The number of hydrogen-bond acceptors (Lipinski definition) is 5. The predicted molar refractivity (Wildman–Crippen MR) is 115 cm³/mol. The number of carbonyl (C=O) groups excluding carboxylic acids is 1. The lowest BCUT2D eigenvalue weighted by atomic mass is 9.75. The summed E-state index contributed by atoms with van der Waals surface area (Å²) in [6, 6.07) is 15.7. The molecule has 2 aromatic rings. The molecule has 1 saturated heterocycles. The molecule has 6 heteroatoms. The lowest BCUT2D eigenvalue weighted by Crippen LogP contribution is -2.47. The van der Waals surface area contributed by atoms with Crippen molar-refractivity contribution in [3.05, 3.63) is 59.8 Å². The van der Waals surface area contributed by atoms with Gasteiger partial charge in [-0.25, -0.2) is 9.78 Å². The molecule has 1 aliphatic heterocycles. The summed E-state index contributed by atoms with van der Waals surface area (Å²) in [4.78, 5) is 18.7. The van der Waals surface area contributed by atoms with Gasteiger partial charge < -0.3 is 19.5 Å². The molecule has 0 saturated carbocycles. The van der Waals surface area contributed by atoms with Crippen LogP contribution in [0.4, 0.5) is 4.79 Å². The third-order valence-corrected chi connectivity index (χ3v) is 5.38. The molecule has 0 bridgehead atoms. The van der Waals surface area contributed by atoms with Crippen LogP contribution in [0.25, 0.3) is 0 Å². The van der Waals surface area contributed by atoms with Crippen molar-refractivity contribution in [3.63, 3.8) is 0 Å². The normalized spacial score (nSPS) is 16.2. The maximum absolute atomic E-state index is 12.3. The zero-order valence-electron chi connectivity index (χ0n) is 18.1. The smallest absolute Gasteiger partial charge is 0.410 e. The maximum atomic E-state index is 12.3. The minimum absolute atomic E-state index is 0.0614. The second-order valence-corrected chi connectivity index (χ2v) is 9.04. The van der Waals surface area contributed by atoms with Crippen LogP contribution in [-0.4, -0.2) is 46.4 Å². The lowest BCUT2D eigenvalue weighted by molar-refractivity contribution is -0.000410. The first-order valence-electron chi connectivity index (χ1n) is 10.5. The number of aliphatic hydroxyl groups is 1. The molecule has 1 amide bonds. The molecule has 0 unspecified atom stereocenters. The van der Waals surface area contributed by atoms with E-state index in [9.17, 15) is 9.90 Å². The fourth-order valence-electron chi connectivity index (χ4n) is 3.63. The summed E-state index contributed by atoms with van der Waals surface area (Å²) in [5, 5.41) is 10.1. The van der Waals surface area contributed by atoms with E-state index in [1.165, 1.54) is 0 Å². The number of aliphatic hydroxyl groups excluding tert-OH is 1. The van der Waals surface area contributed by atoms with Gasteiger partial charge in [-0.3, -0.25) is 0 Å². The molecule has 1 aromatic carbocycles. The van der Waals surface area contributed by atoms with E-state index in [2.05, 4.69) is 4.98 Å². The Labute approximate surface area is 178 Å². The monoisotopic (exact) mass is 412 g/mol. The summed E-state index contributed by atoms with van der Waals surface area (Å²) >= 11 is 0. The average molecular weight is 413 g/mol. The number of amides is 1. The van der Waals surface area contributed by atoms with Crippen molar-refractivity contribution in [1.82, 2.24) is 9.88 Å². The summed E-state index contributed by atoms with van der Waals surface area (Å²) < 4.78 is 11.3. The molecule has 0 aliphatic carbocycles. The molecular formula is C24H32N2O4. The number of benzene rings is 1. The first-order valence-corrected chi connectivity index (χ1v) is 10.5. The van der Waals surface area contributed by atoms with Gasteiger partial charge in [0.15, 0.2) is 0 Å². The first-order chi connectivity index (χ1) is 14.3. The van der Waals surface area contributed by atoms with Crippen LogP contribution < -0.4 is 4.74 Å². The highest BCUT2D eigenvalue weighted by Gasteiger charge is 2.37. The largest absolute Gasteiger partial charge is 0.473 e. The first kappa shape index (κ1) is 22.1. The molecule has 162 valence electrons. The molecule has 0 atom stereocenters. The fourth-order valence-corrected chi connectivity index (χ4v) is 3.63. The molecule has 1 N–H and O–H groups in total. The number of likely N-dealkylation sites (tertiary alicyclic amines) is 1. The summed E-state index contributed by atoms with van der Waals surface area (Å²) in [6.45, 7) is 7.26. The number of nitrogens with zero attached hydrogens (tertiary/aromatic N) is 2. The highest BCUT2D eigenvalue weighted by Crippen LogP contribution is 2.35.